The van der Waals surface area contributed by atoms with Crippen molar-refractivity contribution in [2.24, 2.45) is 0 Å². The van der Waals surface area contributed by atoms with Gasteiger partial charge in [-0.2, -0.15) is 0 Å². The van der Waals surface area contributed by atoms with Crippen molar-refractivity contribution >= 4 is 12.0 Å². The van der Waals surface area contributed by atoms with Crippen molar-refractivity contribution in [3.63, 3.8) is 0 Å². The van der Waals surface area contributed by atoms with Gasteiger partial charge in [-0.3, -0.25) is 10.1 Å². The minimum absolute atomic E-state index is 0.0699. The lowest BCUT2D eigenvalue weighted by Crippen LogP contribution is -2.01. The first kappa shape index (κ1) is 18.3. The van der Waals surface area contributed by atoms with E-state index in [0.717, 1.165) is 31.1 Å². The van der Waals surface area contributed by atoms with Gasteiger partial charge >= 0.3 is 0 Å². The minimum atomic E-state index is -0.418. The van der Waals surface area contributed by atoms with Crippen LogP contribution in [0.2, 0.25) is 0 Å². The lowest BCUT2D eigenvalue weighted by molar-refractivity contribution is -0.384. The number of nitrogens with zero attached hydrogens (tertiary/aromatic N) is 1. The zero-order chi connectivity index (χ0) is 16.2. The Kier molecular flexibility index (Phi) is 9.12. The van der Waals surface area contributed by atoms with Gasteiger partial charge in [0.05, 0.1) is 4.92 Å². The molecule has 1 rings (SSSR count). The highest BCUT2D eigenvalue weighted by Crippen LogP contribution is 2.23. The molecule has 4 nitrogen and oxygen atoms in total. The smallest absolute Gasteiger partial charge is 0.269 e. The molecule has 0 fully saturated rings. The highest BCUT2D eigenvalue weighted by atomic mass is 16.6. The van der Waals surface area contributed by atoms with Crippen LogP contribution in [0.4, 0.5) is 5.69 Å². The molecule has 0 amide bonds. The Bertz CT molecular complexity index is 442. The zero-order valence-corrected chi connectivity index (χ0v) is 13.5. The van der Waals surface area contributed by atoms with Crippen molar-refractivity contribution < 1.29 is 9.72 Å². The van der Waals surface area contributed by atoms with Crippen LogP contribution < -0.4 is 0 Å². The maximum atomic E-state index is 11.2. The first-order valence-corrected chi connectivity index (χ1v) is 8.38. The number of non-ortho nitro benzene ring substituents is 1. The van der Waals surface area contributed by atoms with Crippen LogP contribution in [0.25, 0.3) is 0 Å². The van der Waals surface area contributed by atoms with E-state index in [-0.39, 0.29) is 11.6 Å². The fourth-order valence-corrected chi connectivity index (χ4v) is 2.65. The van der Waals surface area contributed by atoms with E-state index in [1.54, 1.807) is 12.1 Å². The van der Waals surface area contributed by atoms with Gasteiger partial charge in [0.25, 0.3) is 5.69 Å². The normalized spacial score (nSPS) is 12.0. The van der Waals surface area contributed by atoms with Crippen LogP contribution in [0.3, 0.4) is 0 Å². The summed E-state index contributed by atoms with van der Waals surface area (Å²) in [6.07, 6.45) is 11.7. The lowest BCUT2D eigenvalue weighted by Gasteiger charge is -2.10. The topological polar surface area (TPSA) is 60.2 Å². The summed E-state index contributed by atoms with van der Waals surface area (Å²) in [5, 5.41) is 10.6. The second-order valence-electron chi connectivity index (χ2n) is 5.85. The number of nitro groups is 1. The molecular formula is C18H27NO3. The largest absolute Gasteiger partial charge is 0.303 e. The molecule has 4 heteroatoms. The number of nitro benzene ring substituents is 1. The summed E-state index contributed by atoms with van der Waals surface area (Å²) in [6, 6.07) is 6.34. The van der Waals surface area contributed by atoms with Crippen LogP contribution in [-0.2, 0) is 4.79 Å². The average molecular weight is 305 g/mol. The van der Waals surface area contributed by atoms with Crippen LogP contribution in [0.5, 0.6) is 0 Å². The first-order valence-electron chi connectivity index (χ1n) is 8.38. The third-order valence-electron chi connectivity index (χ3n) is 4.07. The van der Waals surface area contributed by atoms with Gasteiger partial charge in [0.15, 0.2) is 0 Å². The number of hydrogen-bond donors (Lipinski definition) is 0. The van der Waals surface area contributed by atoms with E-state index in [0.29, 0.717) is 0 Å². The molecule has 0 bridgehead atoms. The van der Waals surface area contributed by atoms with Crippen LogP contribution in [0, 0.1) is 10.1 Å². The molecule has 0 spiro atoms. The average Bonchev–Trinajstić information content (AvgIpc) is 2.54. The predicted molar refractivity (Wildman–Crippen MR) is 89.1 cm³/mol. The Morgan fingerprint density at radius 1 is 1.00 bits per heavy atom. The molecule has 0 saturated carbocycles. The summed E-state index contributed by atoms with van der Waals surface area (Å²) < 4.78 is 0. The zero-order valence-electron chi connectivity index (χ0n) is 13.5. The molecule has 0 N–H and O–H groups in total. The summed E-state index contributed by atoms with van der Waals surface area (Å²) in [4.78, 5) is 21.4. The molecule has 0 aliphatic carbocycles. The van der Waals surface area contributed by atoms with E-state index >= 15 is 0 Å². The third kappa shape index (κ3) is 6.83. The summed E-state index contributed by atoms with van der Waals surface area (Å²) in [6.45, 7) is 2.22. The summed E-state index contributed by atoms with van der Waals surface area (Å²) in [5.74, 6) is -0.138. The van der Waals surface area contributed by atoms with Gasteiger partial charge in [-0.05, 0) is 12.0 Å². The predicted octanol–water partition coefficient (Wildman–Crippen LogP) is 5.41. The van der Waals surface area contributed by atoms with Crippen LogP contribution in [0.1, 0.15) is 76.2 Å². The molecule has 0 heterocycles. The number of benzene rings is 1. The molecule has 0 aromatic heterocycles. The van der Waals surface area contributed by atoms with Crippen LogP contribution in [-0.4, -0.2) is 11.2 Å². The molecule has 22 heavy (non-hydrogen) atoms. The Morgan fingerprint density at radius 3 is 2.05 bits per heavy atom. The van der Waals surface area contributed by atoms with Crippen molar-refractivity contribution in [1.82, 2.24) is 0 Å². The third-order valence-corrected chi connectivity index (χ3v) is 4.07. The summed E-state index contributed by atoms with van der Waals surface area (Å²) in [5.41, 5.74) is 0.948. The molecule has 1 unspecified atom stereocenters. The second-order valence-corrected chi connectivity index (χ2v) is 5.85. The van der Waals surface area contributed by atoms with E-state index in [1.165, 1.54) is 50.7 Å². The number of carbonyl (C=O) groups excluding carboxylic acids is 1. The molecule has 1 aromatic carbocycles. The molecule has 122 valence electrons. The van der Waals surface area contributed by atoms with E-state index in [1.807, 2.05) is 0 Å². The van der Waals surface area contributed by atoms with Crippen molar-refractivity contribution in [1.29, 1.82) is 0 Å². The van der Waals surface area contributed by atoms with E-state index in [2.05, 4.69) is 6.92 Å². The molecule has 0 aliphatic heterocycles. The SMILES string of the molecule is CCCCCCCCCCC(C=O)c1ccc([N+](=O)[O-])cc1. The maximum Gasteiger partial charge on any atom is 0.269 e. The molecule has 0 radical (unpaired) electrons. The van der Waals surface area contributed by atoms with Crippen LogP contribution >= 0.6 is 0 Å². The number of carbonyl (C=O) groups is 1. The van der Waals surface area contributed by atoms with Crippen LogP contribution in [0.15, 0.2) is 24.3 Å². The highest BCUT2D eigenvalue weighted by molar-refractivity contribution is 5.62. The van der Waals surface area contributed by atoms with Gasteiger partial charge in [0.2, 0.25) is 0 Å². The standard InChI is InChI=1S/C18H27NO3/c1-2-3-4-5-6-7-8-9-10-17(15-20)16-11-13-18(14-12-16)19(21)22/h11-15,17H,2-10H2,1H3. The van der Waals surface area contributed by atoms with Gasteiger partial charge < -0.3 is 4.79 Å². The highest BCUT2D eigenvalue weighted by Gasteiger charge is 2.12. The van der Waals surface area contributed by atoms with Crippen molar-refractivity contribution in [2.75, 3.05) is 0 Å². The van der Waals surface area contributed by atoms with E-state index in [9.17, 15) is 14.9 Å². The van der Waals surface area contributed by atoms with E-state index in [4.69, 9.17) is 0 Å². The van der Waals surface area contributed by atoms with Gasteiger partial charge in [0.1, 0.15) is 6.29 Å². The molecular weight excluding hydrogens is 278 g/mol. The Hall–Kier alpha value is -1.71. The number of unbranched alkanes of at least 4 members (excludes halogenated alkanes) is 7. The van der Waals surface area contributed by atoms with Gasteiger partial charge in [0, 0.05) is 18.1 Å². The number of aldehydes is 1. The van der Waals surface area contributed by atoms with Crippen molar-refractivity contribution in [3.8, 4) is 0 Å². The van der Waals surface area contributed by atoms with Gasteiger partial charge in [-0.25, -0.2) is 0 Å². The molecule has 0 aliphatic rings. The quantitative estimate of drug-likeness (QED) is 0.224. The van der Waals surface area contributed by atoms with Crippen molar-refractivity contribution in [2.45, 2.75) is 70.6 Å². The maximum absolute atomic E-state index is 11.2. The summed E-state index contributed by atoms with van der Waals surface area (Å²) in [7, 11) is 0. The Balaban J connectivity index is 2.27. The van der Waals surface area contributed by atoms with Gasteiger partial charge in [-0.15, -0.1) is 0 Å². The monoisotopic (exact) mass is 305 g/mol. The minimum Gasteiger partial charge on any atom is -0.303 e. The number of hydrogen-bond acceptors (Lipinski definition) is 3. The molecule has 1 aromatic rings. The lowest BCUT2D eigenvalue weighted by atomic mass is 9.94. The van der Waals surface area contributed by atoms with E-state index < -0.39 is 4.92 Å². The van der Waals surface area contributed by atoms with Gasteiger partial charge in [-0.1, -0.05) is 70.4 Å². The Labute approximate surface area is 133 Å². The Morgan fingerprint density at radius 2 is 1.55 bits per heavy atom. The molecule has 1 atom stereocenters. The second kappa shape index (κ2) is 10.9. The molecule has 0 saturated heterocycles. The first-order chi connectivity index (χ1) is 10.7. The fourth-order valence-electron chi connectivity index (χ4n) is 2.65. The summed E-state index contributed by atoms with van der Waals surface area (Å²) >= 11 is 0. The fraction of sp³-hybridized carbons (Fsp3) is 0.611. The number of rotatable bonds is 12. The van der Waals surface area contributed by atoms with Crippen molar-refractivity contribution in [3.05, 3.63) is 39.9 Å².